The van der Waals surface area contributed by atoms with Crippen molar-refractivity contribution in [2.24, 2.45) is 7.05 Å². The highest BCUT2D eigenvalue weighted by Gasteiger charge is 2.09. The summed E-state index contributed by atoms with van der Waals surface area (Å²) in [6.07, 6.45) is 14.2. The second-order valence-corrected chi connectivity index (χ2v) is 5.55. The Balaban J connectivity index is 1.93. The van der Waals surface area contributed by atoms with Crippen LogP contribution in [0.2, 0.25) is 0 Å². The SMILES string of the molecule is CCCCCCCCCCCC(O)c1ccn(C)n1. The van der Waals surface area contributed by atoms with Crippen molar-refractivity contribution in [1.82, 2.24) is 9.78 Å². The van der Waals surface area contributed by atoms with Crippen LogP contribution in [0.4, 0.5) is 0 Å². The minimum Gasteiger partial charge on any atom is -0.387 e. The predicted molar refractivity (Wildman–Crippen MR) is 80.0 cm³/mol. The van der Waals surface area contributed by atoms with Gasteiger partial charge < -0.3 is 5.11 Å². The number of aliphatic hydroxyl groups is 1. The van der Waals surface area contributed by atoms with Gasteiger partial charge in [-0.3, -0.25) is 4.68 Å². The second-order valence-electron chi connectivity index (χ2n) is 5.55. The Hall–Kier alpha value is -0.830. The standard InChI is InChI=1S/C16H30N2O/c1-3-4-5-6-7-8-9-10-11-12-16(19)15-13-14-18(2)17-15/h13-14,16,19H,3-12H2,1-2H3. The van der Waals surface area contributed by atoms with Crippen molar-refractivity contribution >= 4 is 0 Å². The van der Waals surface area contributed by atoms with Crippen LogP contribution in [-0.4, -0.2) is 14.9 Å². The summed E-state index contributed by atoms with van der Waals surface area (Å²) >= 11 is 0. The molecule has 0 aliphatic carbocycles. The summed E-state index contributed by atoms with van der Waals surface area (Å²) in [5, 5.41) is 14.2. The van der Waals surface area contributed by atoms with Gasteiger partial charge in [-0.1, -0.05) is 64.7 Å². The number of aliphatic hydroxyl groups excluding tert-OH is 1. The summed E-state index contributed by atoms with van der Waals surface area (Å²) < 4.78 is 1.74. The van der Waals surface area contributed by atoms with Crippen molar-refractivity contribution in [2.75, 3.05) is 0 Å². The van der Waals surface area contributed by atoms with Gasteiger partial charge in [0.15, 0.2) is 0 Å². The fourth-order valence-electron chi connectivity index (χ4n) is 2.41. The number of aryl methyl sites for hydroxylation is 1. The van der Waals surface area contributed by atoms with E-state index in [1.165, 1.54) is 51.4 Å². The first-order chi connectivity index (χ1) is 9.24. The van der Waals surface area contributed by atoms with Gasteiger partial charge in [0, 0.05) is 13.2 Å². The third-order valence-corrected chi connectivity index (χ3v) is 3.66. The molecule has 0 fully saturated rings. The van der Waals surface area contributed by atoms with Crippen molar-refractivity contribution in [2.45, 2.75) is 77.2 Å². The largest absolute Gasteiger partial charge is 0.387 e. The number of unbranched alkanes of at least 4 members (excludes halogenated alkanes) is 8. The van der Waals surface area contributed by atoms with Crippen LogP contribution < -0.4 is 0 Å². The van der Waals surface area contributed by atoms with Crippen LogP contribution in [0.3, 0.4) is 0 Å². The Kier molecular flexibility index (Phi) is 8.55. The minimum absolute atomic E-state index is 0.384. The van der Waals surface area contributed by atoms with Gasteiger partial charge in [0.2, 0.25) is 0 Å². The van der Waals surface area contributed by atoms with Crippen molar-refractivity contribution in [3.63, 3.8) is 0 Å². The maximum absolute atomic E-state index is 9.96. The molecule has 1 aromatic rings. The Morgan fingerprint density at radius 3 is 2.16 bits per heavy atom. The molecule has 0 bridgehead atoms. The van der Waals surface area contributed by atoms with E-state index in [9.17, 15) is 5.11 Å². The van der Waals surface area contributed by atoms with E-state index in [0.29, 0.717) is 0 Å². The molecule has 1 unspecified atom stereocenters. The Morgan fingerprint density at radius 2 is 1.63 bits per heavy atom. The smallest absolute Gasteiger partial charge is 0.0978 e. The van der Waals surface area contributed by atoms with Crippen LogP contribution in [0.15, 0.2) is 12.3 Å². The molecule has 19 heavy (non-hydrogen) atoms. The average molecular weight is 266 g/mol. The molecule has 1 rings (SSSR count). The van der Waals surface area contributed by atoms with Crippen LogP contribution in [0, 0.1) is 0 Å². The van der Waals surface area contributed by atoms with Gasteiger partial charge in [0.05, 0.1) is 11.8 Å². The zero-order valence-electron chi connectivity index (χ0n) is 12.6. The van der Waals surface area contributed by atoms with E-state index in [-0.39, 0.29) is 6.10 Å². The van der Waals surface area contributed by atoms with Crippen molar-refractivity contribution in [3.05, 3.63) is 18.0 Å². The Labute approximate surface area is 118 Å². The maximum atomic E-state index is 9.96. The van der Waals surface area contributed by atoms with Crippen LogP contribution in [0.1, 0.15) is 82.9 Å². The van der Waals surface area contributed by atoms with Crippen molar-refractivity contribution in [1.29, 1.82) is 0 Å². The number of hydrogen-bond donors (Lipinski definition) is 1. The van der Waals surface area contributed by atoms with Gasteiger partial charge in [0.25, 0.3) is 0 Å². The molecule has 1 N–H and O–H groups in total. The molecule has 3 heteroatoms. The summed E-state index contributed by atoms with van der Waals surface area (Å²) in [5.41, 5.74) is 0.807. The van der Waals surface area contributed by atoms with E-state index in [1.54, 1.807) is 4.68 Å². The van der Waals surface area contributed by atoms with Crippen LogP contribution >= 0.6 is 0 Å². The molecule has 1 atom stereocenters. The number of aromatic nitrogens is 2. The number of hydrogen-bond acceptors (Lipinski definition) is 2. The summed E-state index contributed by atoms with van der Waals surface area (Å²) in [5.74, 6) is 0. The highest BCUT2D eigenvalue weighted by molar-refractivity contribution is 5.02. The lowest BCUT2D eigenvalue weighted by molar-refractivity contribution is 0.158. The van der Waals surface area contributed by atoms with Gasteiger partial charge in [-0.05, 0) is 12.5 Å². The zero-order chi connectivity index (χ0) is 13.9. The molecule has 110 valence electrons. The summed E-state index contributed by atoms with van der Waals surface area (Å²) in [6, 6.07) is 1.90. The maximum Gasteiger partial charge on any atom is 0.0978 e. The monoisotopic (exact) mass is 266 g/mol. The fraction of sp³-hybridized carbons (Fsp3) is 0.812. The zero-order valence-corrected chi connectivity index (χ0v) is 12.6. The van der Waals surface area contributed by atoms with E-state index >= 15 is 0 Å². The first-order valence-electron chi connectivity index (χ1n) is 7.91. The molecule has 0 aromatic carbocycles. The molecule has 0 radical (unpaired) electrons. The summed E-state index contributed by atoms with van der Waals surface area (Å²) in [6.45, 7) is 2.26. The third kappa shape index (κ3) is 7.36. The second kappa shape index (κ2) is 10.0. The van der Waals surface area contributed by atoms with Crippen LogP contribution in [-0.2, 0) is 7.05 Å². The van der Waals surface area contributed by atoms with Gasteiger partial charge in [-0.2, -0.15) is 5.10 Å². The quantitative estimate of drug-likeness (QED) is 0.604. The van der Waals surface area contributed by atoms with E-state index in [4.69, 9.17) is 0 Å². The van der Waals surface area contributed by atoms with Gasteiger partial charge >= 0.3 is 0 Å². The lowest BCUT2D eigenvalue weighted by atomic mass is 10.0. The van der Waals surface area contributed by atoms with Crippen molar-refractivity contribution in [3.8, 4) is 0 Å². The molecule has 1 aromatic heterocycles. The van der Waals surface area contributed by atoms with E-state index < -0.39 is 0 Å². The molecule has 0 amide bonds. The normalized spacial score (nSPS) is 12.8. The Bertz CT molecular complexity index is 322. The summed E-state index contributed by atoms with van der Waals surface area (Å²) in [4.78, 5) is 0. The number of nitrogens with zero attached hydrogens (tertiary/aromatic N) is 2. The molecule has 0 aliphatic heterocycles. The summed E-state index contributed by atoms with van der Waals surface area (Å²) in [7, 11) is 1.88. The molecule has 0 spiro atoms. The van der Waals surface area contributed by atoms with Crippen LogP contribution in [0.5, 0.6) is 0 Å². The highest BCUT2D eigenvalue weighted by atomic mass is 16.3. The predicted octanol–water partition coefficient (Wildman–Crippen LogP) is 4.37. The molecule has 0 saturated heterocycles. The fourth-order valence-corrected chi connectivity index (χ4v) is 2.41. The molecular formula is C16H30N2O. The van der Waals surface area contributed by atoms with Gasteiger partial charge in [-0.15, -0.1) is 0 Å². The molecule has 0 aliphatic rings. The van der Waals surface area contributed by atoms with Gasteiger partial charge in [0.1, 0.15) is 0 Å². The molecule has 3 nitrogen and oxygen atoms in total. The van der Waals surface area contributed by atoms with E-state index in [1.807, 2.05) is 19.3 Å². The van der Waals surface area contributed by atoms with Crippen LogP contribution in [0.25, 0.3) is 0 Å². The molecule has 1 heterocycles. The van der Waals surface area contributed by atoms with Gasteiger partial charge in [-0.25, -0.2) is 0 Å². The van der Waals surface area contributed by atoms with E-state index in [0.717, 1.165) is 18.5 Å². The first kappa shape index (κ1) is 16.2. The number of rotatable bonds is 11. The van der Waals surface area contributed by atoms with Crippen molar-refractivity contribution < 1.29 is 5.11 Å². The lowest BCUT2D eigenvalue weighted by Crippen LogP contribution is -2.00. The van der Waals surface area contributed by atoms with E-state index in [2.05, 4.69) is 12.0 Å². The highest BCUT2D eigenvalue weighted by Crippen LogP contribution is 2.18. The topological polar surface area (TPSA) is 38.0 Å². The minimum atomic E-state index is -0.384. The molecular weight excluding hydrogens is 236 g/mol. The third-order valence-electron chi connectivity index (χ3n) is 3.66. The Morgan fingerprint density at radius 1 is 1.05 bits per heavy atom. The lowest BCUT2D eigenvalue weighted by Gasteiger charge is -2.07. The molecule has 0 saturated carbocycles. The first-order valence-corrected chi connectivity index (χ1v) is 7.91. The average Bonchev–Trinajstić information content (AvgIpc) is 2.83.